The van der Waals surface area contributed by atoms with E-state index in [0.29, 0.717) is 19.0 Å². The second-order valence-electron chi connectivity index (χ2n) is 2.46. The molecule has 1 aliphatic heterocycles. The summed E-state index contributed by atoms with van der Waals surface area (Å²) in [4.78, 5) is 0. The fraction of sp³-hybridized carbons (Fsp3) is 0.714. The van der Waals surface area contributed by atoms with Crippen LogP contribution in [0.1, 0.15) is 6.92 Å². The number of rotatable bonds is 2. The van der Waals surface area contributed by atoms with Crippen molar-refractivity contribution < 1.29 is 14.6 Å². The fourth-order valence-corrected chi connectivity index (χ4v) is 0.894. The molecule has 58 valence electrons. The Labute approximate surface area is 60.3 Å². The Morgan fingerprint density at radius 3 is 2.80 bits per heavy atom. The molecule has 2 atom stereocenters. The lowest BCUT2D eigenvalue weighted by atomic mass is 10.2. The summed E-state index contributed by atoms with van der Waals surface area (Å²) in [6, 6.07) is 0. The van der Waals surface area contributed by atoms with Gasteiger partial charge < -0.3 is 14.6 Å². The topological polar surface area (TPSA) is 38.7 Å². The van der Waals surface area contributed by atoms with Crippen LogP contribution < -0.4 is 0 Å². The lowest BCUT2D eigenvalue weighted by molar-refractivity contribution is 0.0306. The highest BCUT2D eigenvalue weighted by atomic mass is 16.6. The first kappa shape index (κ1) is 7.57. The number of hydrogen-bond acceptors (Lipinski definition) is 3. The zero-order chi connectivity index (χ0) is 7.56. The van der Waals surface area contributed by atoms with E-state index in [2.05, 4.69) is 6.58 Å². The zero-order valence-corrected chi connectivity index (χ0v) is 6.04. The van der Waals surface area contributed by atoms with Gasteiger partial charge in [-0.3, -0.25) is 0 Å². The molecule has 1 saturated heterocycles. The molecule has 1 rings (SSSR count). The van der Waals surface area contributed by atoms with Crippen LogP contribution in [-0.4, -0.2) is 30.5 Å². The van der Waals surface area contributed by atoms with Gasteiger partial charge in [0.15, 0.2) is 0 Å². The van der Waals surface area contributed by atoms with Gasteiger partial charge in [-0.05, 0) is 6.92 Å². The van der Waals surface area contributed by atoms with Crippen LogP contribution in [0, 0.1) is 0 Å². The van der Waals surface area contributed by atoms with Crippen LogP contribution >= 0.6 is 0 Å². The van der Waals surface area contributed by atoms with Gasteiger partial charge in [0.1, 0.15) is 12.2 Å². The Kier molecular flexibility index (Phi) is 2.29. The lowest BCUT2D eigenvalue weighted by Crippen LogP contribution is -2.25. The van der Waals surface area contributed by atoms with E-state index in [9.17, 15) is 0 Å². The minimum atomic E-state index is -0.489. The van der Waals surface area contributed by atoms with Gasteiger partial charge in [0.05, 0.1) is 19.0 Å². The fourth-order valence-electron chi connectivity index (χ4n) is 0.894. The molecule has 0 spiro atoms. The summed E-state index contributed by atoms with van der Waals surface area (Å²) in [5, 5.41) is 9.15. The highest BCUT2D eigenvalue weighted by Gasteiger charge is 2.27. The smallest absolute Gasteiger partial charge is 0.149 e. The van der Waals surface area contributed by atoms with Crippen molar-refractivity contribution in [2.24, 2.45) is 0 Å². The molecule has 0 saturated carbocycles. The third-order valence-corrected chi connectivity index (χ3v) is 1.35. The molecule has 0 bridgehead atoms. The molecule has 0 radical (unpaired) electrons. The molecule has 1 N–H and O–H groups in total. The molecule has 1 aliphatic rings. The minimum absolute atomic E-state index is 0.211. The van der Waals surface area contributed by atoms with Gasteiger partial charge in [0, 0.05) is 0 Å². The highest BCUT2D eigenvalue weighted by Crippen LogP contribution is 2.11. The van der Waals surface area contributed by atoms with Crippen molar-refractivity contribution >= 4 is 0 Å². The second kappa shape index (κ2) is 3.03. The van der Waals surface area contributed by atoms with Crippen LogP contribution in [0.5, 0.6) is 0 Å². The summed E-state index contributed by atoms with van der Waals surface area (Å²) in [5.41, 5.74) is 0. The molecule has 2 unspecified atom stereocenters. The number of aliphatic hydroxyl groups is 1. The van der Waals surface area contributed by atoms with Crippen LogP contribution in [-0.2, 0) is 9.47 Å². The van der Waals surface area contributed by atoms with Crippen molar-refractivity contribution in [3.63, 3.8) is 0 Å². The average Bonchev–Trinajstić information content (AvgIpc) is 2.15. The largest absolute Gasteiger partial charge is 0.490 e. The van der Waals surface area contributed by atoms with Gasteiger partial charge in [-0.2, -0.15) is 0 Å². The van der Waals surface area contributed by atoms with Gasteiger partial charge in [-0.15, -0.1) is 0 Å². The minimum Gasteiger partial charge on any atom is -0.490 e. The first-order chi connectivity index (χ1) is 4.70. The van der Waals surface area contributed by atoms with E-state index in [-0.39, 0.29) is 6.10 Å². The van der Waals surface area contributed by atoms with Crippen LogP contribution in [0.25, 0.3) is 0 Å². The van der Waals surface area contributed by atoms with E-state index in [0.717, 1.165) is 0 Å². The van der Waals surface area contributed by atoms with Gasteiger partial charge in [0.25, 0.3) is 0 Å². The van der Waals surface area contributed by atoms with Crippen LogP contribution in [0.3, 0.4) is 0 Å². The van der Waals surface area contributed by atoms with Gasteiger partial charge in [-0.25, -0.2) is 0 Å². The molecule has 1 fully saturated rings. The van der Waals surface area contributed by atoms with E-state index >= 15 is 0 Å². The van der Waals surface area contributed by atoms with Crippen molar-refractivity contribution in [2.75, 3.05) is 13.2 Å². The molecular formula is C7H12O3. The first-order valence-corrected chi connectivity index (χ1v) is 3.28. The van der Waals surface area contributed by atoms with Crippen LogP contribution in [0.2, 0.25) is 0 Å². The van der Waals surface area contributed by atoms with Crippen molar-refractivity contribution in [3.8, 4) is 0 Å². The van der Waals surface area contributed by atoms with Crippen LogP contribution in [0.15, 0.2) is 12.3 Å². The molecule has 0 aliphatic carbocycles. The van der Waals surface area contributed by atoms with Gasteiger partial charge in [-0.1, -0.05) is 6.58 Å². The highest BCUT2D eigenvalue weighted by molar-refractivity contribution is 4.82. The summed E-state index contributed by atoms with van der Waals surface area (Å²) < 4.78 is 10.1. The summed E-state index contributed by atoms with van der Waals surface area (Å²) >= 11 is 0. The normalized spacial score (nSPS) is 32.2. The number of aliphatic hydroxyl groups excluding tert-OH is 1. The molecule has 3 heteroatoms. The molecule has 10 heavy (non-hydrogen) atoms. The molecule has 1 heterocycles. The maximum absolute atomic E-state index is 9.15. The molecule has 0 amide bonds. The SMILES string of the molecule is C=C(C)OC1COCC1O. The van der Waals surface area contributed by atoms with E-state index in [4.69, 9.17) is 14.6 Å². The molecular weight excluding hydrogens is 132 g/mol. The Hall–Kier alpha value is -0.540. The average molecular weight is 144 g/mol. The monoisotopic (exact) mass is 144 g/mol. The third-order valence-electron chi connectivity index (χ3n) is 1.35. The summed E-state index contributed by atoms with van der Waals surface area (Å²) in [6.07, 6.45) is -0.700. The van der Waals surface area contributed by atoms with Gasteiger partial charge >= 0.3 is 0 Å². The lowest BCUT2D eigenvalue weighted by Gasteiger charge is -2.14. The quantitative estimate of drug-likeness (QED) is 0.566. The van der Waals surface area contributed by atoms with Crippen molar-refractivity contribution in [3.05, 3.63) is 12.3 Å². The summed E-state index contributed by atoms with van der Waals surface area (Å²) in [6.45, 7) is 6.16. The van der Waals surface area contributed by atoms with Gasteiger partial charge in [0.2, 0.25) is 0 Å². The Morgan fingerprint density at radius 2 is 2.40 bits per heavy atom. The molecule has 0 aromatic heterocycles. The first-order valence-electron chi connectivity index (χ1n) is 3.28. The van der Waals surface area contributed by atoms with Crippen molar-refractivity contribution in [2.45, 2.75) is 19.1 Å². The maximum Gasteiger partial charge on any atom is 0.149 e. The van der Waals surface area contributed by atoms with E-state index in [1.165, 1.54) is 0 Å². The number of ether oxygens (including phenoxy) is 2. The maximum atomic E-state index is 9.15. The summed E-state index contributed by atoms with van der Waals surface area (Å²) in [5.74, 6) is 0.620. The predicted octanol–water partition coefficient (Wildman–Crippen LogP) is 0.296. The molecule has 3 nitrogen and oxygen atoms in total. The van der Waals surface area contributed by atoms with Crippen LogP contribution in [0.4, 0.5) is 0 Å². The van der Waals surface area contributed by atoms with Crippen molar-refractivity contribution in [1.82, 2.24) is 0 Å². The Bertz CT molecular complexity index is 133. The van der Waals surface area contributed by atoms with Crippen molar-refractivity contribution in [1.29, 1.82) is 0 Å². The second-order valence-corrected chi connectivity index (χ2v) is 2.46. The van der Waals surface area contributed by atoms with E-state index < -0.39 is 6.10 Å². The third kappa shape index (κ3) is 1.72. The number of hydrogen-bond donors (Lipinski definition) is 1. The van der Waals surface area contributed by atoms with E-state index in [1.807, 2.05) is 0 Å². The summed E-state index contributed by atoms with van der Waals surface area (Å²) in [7, 11) is 0. The molecule has 0 aromatic rings. The van der Waals surface area contributed by atoms with E-state index in [1.54, 1.807) is 6.92 Å². The standard InChI is InChI=1S/C7H12O3/c1-5(2)10-7-4-9-3-6(7)8/h6-8H,1,3-4H2,2H3. The molecule has 0 aromatic carbocycles. The predicted molar refractivity (Wildman–Crippen MR) is 36.5 cm³/mol. The Balaban J connectivity index is 2.33. The number of allylic oxidation sites excluding steroid dienone is 1. The Morgan fingerprint density at radius 1 is 1.70 bits per heavy atom. The zero-order valence-electron chi connectivity index (χ0n) is 6.04.